The number of carbonyl (C=O) groups is 3. The first-order valence-corrected chi connectivity index (χ1v) is 7.77. The first kappa shape index (κ1) is 15.1. The highest BCUT2D eigenvalue weighted by Crippen LogP contribution is 2.57. The van der Waals surface area contributed by atoms with Crippen LogP contribution in [0.4, 0.5) is 5.69 Å². The summed E-state index contributed by atoms with van der Waals surface area (Å²) >= 11 is 0. The lowest BCUT2D eigenvalue weighted by molar-refractivity contribution is -0.128. The number of anilines is 1. The molecule has 2 saturated heterocycles. The molecule has 4 atom stereocenters. The standard InChI is InChI=1S/C18H17NO5/c1-17-8-9-18(2,24-17)13-12(17)14(20)19(15(13)21)11-6-4-10(5-7-11)16(22)23-3/h4-9,12-13H,1-3H3/t12-,13-,17+,18+/m1/s1. The van der Waals surface area contributed by atoms with Crippen LogP contribution in [-0.4, -0.2) is 36.1 Å². The average Bonchev–Trinajstić information content (AvgIpc) is 3.11. The smallest absolute Gasteiger partial charge is 0.337 e. The fraction of sp³-hybridized carbons (Fsp3) is 0.389. The second kappa shape index (κ2) is 4.54. The number of ether oxygens (including phenoxy) is 2. The number of carbonyl (C=O) groups excluding carboxylic acids is 3. The minimum Gasteiger partial charge on any atom is -0.465 e. The third-order valence-electron chi connectivity index (χ3n) is 5.27. The zero-order valence-corrected chi connectivity index (χ0v) is 13.6. The first-order valence-electron chi connectivity index (χ1n) is 7.77. The SMILES string of the molecule is COC(=O)c1ccc(N2C(=O)[C@H]3[C@H](C2=O)[C@]2(C)C=C[C@]3(C)O2)cc1. The summed E-state index contributed by atoms with van der Waals surface area (Å²) in [5.74, 6) is -2.01. The molecule has 0 saturated carbocycles. The normalized spacial score (nSPS) is 36.4. The van der Waals surface area contributed by atoms with Crippen LogP contribution in [0.15, 0.2) is 36.4 Å². The lowest BCUT2D eigenvalue weighted by Crippen LogP contribution is -2.39. The van der Waals surface area contributed by atoms with Crippen LogP contribution >= 0.6 is 0 Å². The maximum atomic E-state index is 12.9. The van der Waals surface area contributed by atoms with Gasteiger partial charge in [0.25, 0.3) is 0 Å². The summed E-state index contributed by atoms with van der Waals surface area (Å²) in [7, 11) is 1.30. The van der Waals surface area contributed by atoms with Gasteiger partial charge in [-0.3, -0.25) is 9.59 Å². The third kappa shape index (κ3) is 1.72. The summed E-state index contributed by atoms with van der Waals surface area (Å²) in [5, 5.41) is 0. The maximum Gasteiger partial charge on any atom is 0.337 e. The Morgan fingerprint density at radius 1 is 1.04 bits per heavy atom. The number of amides is 2. The summed E-state index contributed by atoms with van der Waals surface area (Å²) in [6.07, 6.45) is 3.76. The number of esters is 1. The molecule has 3 heterocycles. The fourth-order valence-electron chi connectivity index (χ4n) is 4.15. The highest BCUT2D eigenvalue weighted by molar-refractivity contribution is 6.23. The van der Waals surface area contributed by atoms with Crippen molar-refractivity contribution in [2.75, 3.05) is 12.0 Å². The fourth-order valence-corrected chi connectivity index (χ4v) is 4.15. The van der Waals surface area contributed by atoms with Gasteiger partial charge in [-0.2, -0.15) is 0 Å². The predicted molar refractivity (Wildman–Crippen MR) is 84.3 cm³/mol. The van der Waals surface area contributed by atoms with Crippen molar-refractivity contribution in [3.63, 3.8) is 0 Å². The maximum absolute atomic E-state index is 12.9. The molecule has 2 amide bonds. The van der Waals surface area contributed by atoms with Gasteiger partial charge < -0.3 is 9.47 Å². The van der Waals surface area contributed by atoms with E-state index in [1.165, 1.54) is 12.0 Å². The quantitative estimate of drug-likeness (QED) is 0.470. The molecule has 124 valence electrons. The van der Waals surface area contributed by atoms with E-state index in [0.717, 1.165) is 0 Å². The second-order valence-corrected chi connectivity index (χ2v) is 6.81. The Kier molecular flexibility index (Phi) is 2.85. The van der Waals surface area contributed by atoms with Crippen molar-refractivity contribution in [2.24, 2.45) is 11.8 Å². The molecule has 0 radical (unpaired) electrons. The molecule has 2 fully saturated rings. The van der Waals surface area contributed by atoms with E-state index < -0.39 is 29.0 Å². The summed E-state index contributed by atoms with van der Waals surface area (Å²) in [4.78, 5) is 38.5. The molecule has 3 aliphatic rings. The van der Waals surface area contributed by atoms with Crippen molar-refractivity contribution in [1.29, 1.82) is 0 Å². The molecule has 1 aromatic carbocycles. The Labute approximate surface area is 139 Å². The Hall–Kier alpha value is -2.47. The van der Waals surface area contributed by atoms with Crippen LogP contribution in [0, 0.1) is 11.8 Å². The highest BCUT2D eigenvalue weighted by atomic mass is 16.5. The number of benzene rings is 1. The Morgan fingerprint density at radius 3 is 2.00 bits per heavy atom. The molecular weight excluding hydrogens is 310 g/mol. The van der Waals surface area contributed by atoms with Gasteiger partial charge >= 0.3 is 5.97 Å². The number of hydrogen-bond acceptors (Lipinski definition) is 5. The predicted octanol–water partition coefficient (Wildman–Crippen LogP) is 1.70. The van der Waals surface area contributed by atoms with Gasteiger partial charge in [0.1, 0.15) is 0 Å². The van der Waals surface area contributed by atoms with E-state index in [-0.39, 0.29) is 11.8 Å². The average molecular weight is 327 g/mol. The van der Waals surface area contributed by atoms with Gasteiger partial charge in [0.05, 0.1) is 41.4 Å². The van der Waals surface area contributed by atoms with Crippen LogP contribution in [0.2, 0.25) is 0 Å². The van der Waals surface area contributed by atoms with Crippen LogP contribution in [0.25, 0.3) is 0 Å². The Bertz CT molecular complexity index is 762. The zero-order chi connectivity index (χ0) is 17.3. The molecular formula is C18H17NO5. The third-order valence-corrected chi connectivity index (χ3v) is 5.27. The van der Waals surface area contributed by atoms with Crippen LogP contribution in [-0.2, 0) is 19.1 Å². The largest absolute Gasteiger partial charge is 0.465 e. The monoisotopic (exact) mass is 327 g/mol. The van der Waals surface area contributed by atoms with Gasteiger partial charge in [0.15, 0.2) is 0 Å². The van der Waals surface area contributed by atoms with Gasteiger partial charge in [0, 0.05) is 0 Å². The Morgan fingerprint density at radius 2 is 1.54 bits per heavy atom. The Balaban J connectivity index is 1.71. The van der Waals surface area contributed by atoms with E-state index in [1.807, 2.05) is 26.0 Å². The van der Waals surface area contributed by atoms with E-state index in [1.54, 1.807) is 24.3 Å². The van der Waals surface area contributed by atoms with Gasteiger partial charge in [-0.1, -0.05) is 12.2 Å². The van der Waals surface area contributed by atoms with Gasteiger partial charge in [-0.25, -0.2) is 9.69 Å². The lowest BCUT2D eigenvalue weighted by atomic mass is 9.73. The van der Waals surface area contributed by atoms with Crippen molar-refractivity contribution >= 4 is 23.5 Å². The molecule has 0 spiro atoms. The van der Waals surface area contributed by atoms with E-state index in [0.29, 0.717) is 11.3 Å². The van der Waals surface area contributed by atoms with Crippen LogP contribution in [0.3, 0.4) is 0 Å². The van der Waals surface area contributed by atoms with E-state index >= 15 is 0 Å². The molecule has 24 heavy (non-hydrogen) atoms. The molecule has 3 aliphatic heterocycles. The van der Waals surface area contributed by atoms with Crippen molar-refractivity contribution in [1.82, 2.24) is 0 Å². The number of hydrogen-bond donors (Lipinski definition) is 0. The minimum atomic E-state index is -0.743. The first-order chi connectivity index (χ1) is 11.3. The van der Waals surface area contributed by atoms with Crippen molar-refractivity contribution in [3.05, 3.63) is 42.0 Å². The molecule has 0 aliphatic carbocycles. The molecule has 0 aromatic heterocycles. The molecule has 6 heteroatoms. The summed E-state index contributed by atoms with van der Waals surface area (Å²) in [5.41, 5.74) is -0.664. The molecule has 1 aromatic rings. The van der Waals surface area contributed by atoms with Crippen molar-refractivity contribution in [2.45, 2.75) is 25.0 Å². The van der Waals surface area contributed by atoms with Gasteiger partial charge in [0.2, 0.25) is 11.8 Å². The summed E-state index contributed by atoms with van der Waals surface area (Å²) < 4.78 is 10.6. The topological polar surface area (TPSA) is 72.9 Å². The number of methoxy groups -OCH3 is 1. The molecule has 4 rings (SSSR count). The van der Waals surface area contributed by atoms with E-state index in [2.05, 4.69) is 4.74 Å². The minimum absolute atomic E-state index is 0.258. The van der Waals surface area contributed by atoms with Crippen LogP contribution < -0.4 is 4.90 Å². The van der Waals surface area contributed by atoms with Crippen molar-refractivity contribution in [3.8, 4) is 0 Å². The summed E-state index contributed by atoms with van der Waals surface area (Å²) in [6.45, 7) is 3.68. The van der Waals surface area contributed by atoms with Crippen LogP contribution in [0.5, 0.6) is 0 Å². The zero-order valence-electron chi connectivity index (χ0n) is 13.6. The van der Waals surface area contributed by atoms with Gasteiger partial charge in [-0.05, 0) is 38.1 Å². The number of imide groups is 1. The van der Waals surface area contributed by atoms with E-state index in [9.17, 15) is 14.4 Å². The van der Waals surface area contributed by atoms with Crippen LogP contribution in [0.1, 0.15) is 24.2 Å². The second-order valence-electron chi connectivity index (χ2n) is 6.81. The number of nitrogens with zero attached hydrogens (tertiary/aromatic N) is 1. The molecule has 2 bridgehead atoms. The molecule has 0 N–H and O–H groups in total. The van der Waals surface area contributed by atoms with Crippen molar-refractivity contribution < 1.29 is 23.9 Å². The molecule has 6 nitrogen and oxygen atoms in total. The number of rotatable bonds is 2. The highest BCUT2D eigenvalue weighted by Gasteiger charge is 2.70. The number of fused-ring (bicyclic) bond motifs is 5. The summed E-state index contributed by atoms with van der Waals surface area (Å²) in [6, 6.07) is 6.26. The lowest BCUT2D eigenvalue weighted by Gasteiger charge is -2.25. The van der Waals surface area contributed by atoms with E-state index in [4.69, 9.17) is 4.74 Å². The van der Waals surface area contributed by atoms with Gasteiger partial charge in [-0.15, -0.1) is 0 Å². The molecule has 0 unspecified atom stereocenters.